The molecule has 0 aliphatic rings. The topological polar surface area (TPSA) is 70.5 Å². The van der Waals surface area contributed by atoms with Crippen molar-refractivity contribution in [1.82, 2.24) is 9.97 Å². The van der Waals surface area contributed by atoms with Crippen molar-refractivity contribution in [3.63, 3.8) is 0 Å². The summed E-state index contributed by atoms with van der Waals surface area (Å²) < 4.78 is 17.0. The summed E-state index contributed by atoms with van der Waals surface area (Å²) in [6.07, 6.45) is 13.8. The molecule has 0 aliphatic heterocycles. The maximum absolute atomic E-state index is 12.5. The average Bonchev–Trinajstić information content (AvgIpc) is 2.92. The van der Waals surface area contributed by atoms with E-state index in [4.69, 9.17) is 14.2 Å². The Kier molecular flexibility index (Phi) is 11.7. The molecule has 0 aliphatic carbocycles. The van der Waals surface area contributed by atoms with Gasteiger partial charge in [-0.1, -0.05) is 58.8 Å². The first kappa shape index (κ1) is 27.2. The van der Waals surface area contributed by atoms with Crippen LogP contribution < -0.4 is 14.2 Å². The molecule has 3 rings (SSSR count). The van der Waals surface area contributed by atoms with Crippen molar-refractivity contribution < 1.29 is 19.0 Å². The highest BCUT2D eigenvalue weighted by Gasteiger charge is 2.12. The Hall–Kier alpha value is -3.41. The highest BCUT2D eigenvalue weighted by atomic mass is 16.5. The Morgan fingerprint density at radius 1 is 0.639 bits per heavy atom. The lowest BCUT2D eigenvalue weighted by Crippen LogP contribution is -2.11. The van der Waals surface area contributed by atoms with Crippen molar-refractivity contribution in [2.24, 2.45) is 0 Å². The quantitative estimate of drug-likeness (QED) is 0.117. The van der Waals surface area contributed by atoms with Gasteiger partial charge in [0.2, 0.25) is 0 Å². The normalized spacial score (nSPS) is 10.7. The summed E-state index contributed by atoms with van der Waals surface area (Å²) in [5.41, 5.74) is 1.73. The molecule has 6 heteroatoms. The van der Waals surface area contributed by atoms with Gasteiger partial charge in [-0.05, 0) is 61.4 Å². The molecule has 1 heterocycles. The van der Waals surface area contributed by atoms with Crippen molar-refractivity contribution in [3.05, 3.63) is 66.6 Å². The summed E-state index contributed by atoms with van der Waals surface area (Å²) in [7, 11) is 0. The van der Waals surface area contributed by atoms with E-state index >= 15 is 0 Å². The Bertz CT molecular complexity index is 1020. The molecule has 0 bridgehead atoms. The molecule has 0 unspecified atom stereocenters. The number of nitrogens with zero attached hydrogens (tertiary/aromatic N) is 2. The number of hydrogen-bond acceptors (Lipinski definition) is 6. The van der Waals surface area contributed by atoms with Crippen molar-refractivity contribution in [3.8, 4) is 28.5 Å². The summed E-state index contributed by atoms with van der Waals surface area (Å²) in [6.45, 7) is 5.81. The van der Waals surface area contributed by atoms with Gasteiger partial charge < -0.3 is 14.2 Å². The third-order valence-corrected chi connectivity index (χ3v) is 5.83. The smallest absolute Gasteiger partial charge is 0.363 e. The molecule has 1 aromatic heterocycles. The number of carbonyl (C=O) groups excluding carboxylic acids is 1. The van der Waals surface area contributed by atoms with Crippen LogP contribution in [0.5, 0.6) is 17.2 Å². The highest BCUT2D eigenvalue weighted by molar-refractivity contribution is 5.88. The number of benzene rings is 2. The summed E-state index contributed by atoms with van der Waals surface area (Å²) in [5.74, 6) is 1.49. The van der Waals surface area contributed by atoms with Crippen LogP contribution in [-0.4, -0.2) is 29.2 Å². The molecule has 3 aromatic rings. The van der Waals surface area contributed by atoms with Crippen molar-refractivity contribution >= 4 is 5.97 Å². The van der Waals surface area contributed by atoms with E-state index in [0.29, 0.717) is 18.1 Å². The number of carbonyl (C=O) groups is 1. The fourth-order valence-corrected chi connectivity index (χ4v) is 3.68. The summed E-state index contributed by atoms with van der Waals surface area (Å²) >= 11 is 0. The molecule has 2 aromatic carbocycles. The molecular formula is C30H38N2O4. The molecule has 6 nitrogen and oxygen atoms in total. The monoisotopic (exact) mass is 490 g/mol. The summed E-state index contributed by atoms with van der Waals surface area (Å²) in [5, 5.41) is 0. The van der Waals surface area contributed by atoms with E-state index in [0.717, 1.165) is 36.5 Å². The van der Waals surface area contributed by atoms with E-state index in [1.54, 1.807) is 18.3 Å². The molecule has 36 heavy (non-hydrogen) atoms. The molecule has 0 fully saturated rings. The minimum Gasteiger partial charge on any atom is -0.494 e. The van der Waals surface area contributed by atoms with Crippen LogP contribution in [0.15, 0.2) is 60.9 Å². The first-order valence-corrected chi connectivity index (χ1v) is 13.2. The number of aromatic nitrogens is 2. The van der Waals surface area contributed by atoms with Gasteiger partial charge >= 0.3 is 5.97 Å². The molecule has 0 atom stereocenters. The molecule has 0 saturated carbocycles. The predicted octanol–water partition coefficient (Wildman–Crippen LogP) is 7.67. The van der Waals surface area contributed by atoms with Gasteiger partial charge in [-0.3, -0.25) is 4.98 Å². The van der Waals surface area contributed by atoms with Crippen LogP contribution in [0.1, 0.15) is 82.1 Å². The van der Waals surface area contributed by atoms with Gasteiger partial charge in [-0.2, -0.15) is 0 Å². The second-order valence-electron chi connectivity index (χ2n) is 8.84. The first-order valence-electron chi connectivity index (χ1n) is 13.2. The zero-order valence-corrected chi connectivity index (χ0v) is 21.6. The van der Waals surface area contributed by atoms with Crippen LogP contribution in [0.25, 0.3) is 11.3 Å². The SMILES string of the molecule is CCCCCCCCOc1ccc(OC(=O)c2cnc(-c3ccc(OCCCCC)cc3)cn2)cc1. The molecule has 0 radical (unpaired) electrons. The van der Waals surface area contributed by atoms with Gasteiger partial charge in [0, 0.05) is 5.56 Å². The zero-order chi connectivity index (χ0) is 25.4. The lowest BCUT2D eigenvalue weighted by Gasteiger charge is -2.08. The van der Waals surface area contributed by atoms with Crippen LogP contribution in [-0.2, 0) is 0 Å². The number of esters is 1. The number of ether oxygens (including phenoxy) is 3. The lowest BCUT2D eigenvalue weighted by molar-refractivity contribution is 0.0728. The van der Waals surface area contributed by atoms with Crippen LogP contribution in [0, 0.1) is 0 Å². The number of hydrogen-bond donors (Lipinski definition) is 0. The van der Waals surface area contributed by atoms with E-state index < -0.39 is 5.97 Å². The second kappa shape index (κ2) is 15.6. The zero-order valence-electron chi connectivity index (χ0n) is 21.6. The second-order valence-corrected chi connectivity index (χ2v) is 8.84. The molecular weight excluding hydrogens is 452 g/mol. The van der Waals surface area contributed by atoms with Gasteiger partial charge in [0.1, 0.15) is 17.2 Å². The Morgan fingerprint density at radius 2 is 1.17 bits per heavy atom. The maximum Gasteiger partial charge on any atom is 0.363 e. The van der Waals surface area contributed by atoms with Gasteiger partial charge in [-0.15, -0.1) is 0 Å². The fourth-order valence-electron chi connectivity index (χ4n) is 3.68. The third-order valence-electron chi connectivity index (χ3n) is 5.83. The van der Waals surface area contributed by atoms with Crippen LogP contribution >= 0.6 is 0 Å². The molecule has 0 amide bonds. The average molecular weight is 491 g/mol. The first-order chi connectivity index (χ1) is 17.7. The van der Waals surface area contributed by atoms with E-state index in [1.807, 2.05) is 36.4 Å². The van der Waals surface area contributed by atoms with E-state index in [2.05, 4.69) is 23.8 Å². The van der Waals surface area contributed by atoms with E-state index in [1.165, 1.54) is 51.1 Å². The van der Waals surface area contributed by atoms with Crippen molar-refractivity contribution in [1.29, 1.82) is 0 Å². The van der Waals surface area contributed by atoms with E-state index in [-0.39, 0.29) is 5.69 Å². The van der Waals surface area contributed by atoms with Gasteiger partial charge in [-0.25, -0.2) is 9.78 Å². The minimum absolute atomic E-state index is 0.151. The summed E-state index contributed by atoms with van der Waals surface area (Å²) in [4.78, 5) is 21.1. The molecule has 0 N–H and O–H groups in total. The van der Waals surface area contributed by atoms with Gasteiger partial charge in [0.05, 0.1) is 31.3 Å². The molecule has 192 valence electrons. The highest BCUT2D eigenvalue weighted by Crippen LogP contribution is 2.22. The Morgan fingerprint density at radius 3 is 1.78 bits per heavy atom. The Labute approximate surface area is 215 Å². The maximum atomic E-state index is 12.5. The van der Waals surface area contributed by atoms with E-state index in [9.17, 15) is 4.79 Å². The largest absolute Gasteiger partial charge is 0.494 e. The van der Waals surface area contributed by atoms with Crippen LogP contribution in [0.4, 0.5) is 0 Å². The number of unbranched alkanes of at least 4 members (excludes halogenated alkanes) is 7. The predicted molar refractivity (Wildman–Crippen MR) is 143 cm³/mol. The van der Waals surface area contributed by atoms with Crippen molar-refractivity contribution in [2.45, 2.75) is 71.6 Å². The third kappa shape index (κ3) is 9.33. The van der Waals surface area contributed by atoms with Crippen LogP contribution in [0.3, 0.4) is 0 Å². The minimum atomic E-state index is -0.550. The van der Waals surface area contributed by atoms with Gasteiger partial charge in [0.15, 0.2) is 5.69 Å². The molecule has 0 saturated heterocycles. The van der Waals surface area contributed by atoms with Crippen molar-refractivity contribution in [2.75, 3.05) is 13.2 Å². The number of rotatable bonds is 16. The Balaban J connectivity index is 1.44. The standard InChI is InChI=1S/C30H38N2O4/c1-3-5-7-8-9-11-21-35-26-16-18-27(19-17-26)36-30(33)29-23-31-28(22-32-29)24-12-14-25(15-13-24)34-20-10-6-4-2/h12-19,22-23H,3-11,20-21H2,1-2H3. The summed E-state index contributed by atoms with van der Waals surface area (Å²) in [6, 6.07) is 14.8. The fraction of sp³-hybridized carbons (Fsp3) is 0.433. The molecule has 0 spiro atoms. The van der Waals surface area contributed by atoms with Crippen LogP contribution in [0.2, 0.25) is 0 Å². The van der Waals surface area contributed by atoms with Gasteiger partial charge in [0.25, 0.3) is 0 Å². The lowest BCUT2D eigenvalue weighted by atomic mass is 10.1.